The maximum Gasteiger partial charge on any atom is 0.283 e. The highest BCUT2D eigenvalue weighted by Gasteiger charge is 2.31. The van der Waals surface area contributed by atoms with Crippen LogP contribution < -0.4 is 15.1 Å². The summed E-state index contributed by atoms with van der Waals surface area (Å²) in [6, 6.07) is 29.0. The van der Waals surface area contributed by atoms with Gasteiger partial charge in [-0.05, 0) is 34.0 Å². The van der Waals surface area contributed by atoms with Crippen LogP contribution in [0.5, 0.6) is 5.75 Å². The van der Waals surface area contributed by atoms with E-state index in [2.05, 4.69) is 85.2 Å². The Balaban J connectivity index is 1.84. The molecule has 0 aliphatic rings. The highest BCUT2D eigenvalue weighted by molar-refractivity contribution is 9.10. The molecule has 1 radical (unpaired) electrons. The molecule has 0 saturated heterocycles. The summed E-state index contributed by atoms with van der Waals surface area (Å²) in [6.07, 6.45) is -0.0409. The molecule has 28 heavy (non-hydrogen) atoms. The maximum absolute atomic E-state index is 6.80. The molecule has 1 atom stereocenters. The van der Waals surface area contributed by atoms with Crippen molar-refractivity contribution in [2.45, 2.75) is 26.9 Å². The van der Waals surface area contributed by atoms with E-state index in [1.54, 1.807) is 0 Å². The van der Waals surface area contributed by atoms with Crippen molar-refractivity contribution >= 4 is 35.3 Å². The minimum Gasteiger partial charge on any atom is -0.491 e. The molecule has 3 rings (SSSR count). The lowest BCUT2D eigenvalue weighted by molar-refractivity contribution is 0.0435. The molecule has 0 aromatic heterocycles. The smallest absolute Gasteiger partial charge is 0.283 e. The van der Waals surface area contributed by atoms with Crippen LogP contribution in [0.2, 0.25) is 0 Å². The van der Waals surface area contributed by atoms with Crippen molar-refractivity contribution in [3.8, 4) is 5.75 Å². The van der Waals surface area contributed by atoms with Crippen LogP contribution in [-0.2, 0) is 4.43 Å². The fourth-order valence-corrected chi connectivity index (χ4v) is 5.49. The zero-order valence-electron chi connectivity index (χ0n) is 16.6. The van der Waals surface area contributed by atoms with Gasteiger partial charge in [0.2, 0.25) is 0 Å². The van der Waals surface area contributed by atoms with Crippen LogP contribution in [0.1, 0.15) is 20.8 Å². The van der Waals surface area contributed by atoms with E-state index >= 15 is 0 Å². The first-order valence-corrected chi connectivity index (χ1v) is 11.7. The summed E-state index contributed by atoms with van der Waals surface area (Å²) in [5, 5.41) is 2.49. The summed E-state index contributed by atoms with van der Waals surface area (Å²) in [7, 11) is -1.38. The fraction of sp³-hybridized carbons (Fsp3) is 0.250. The molecule has 4 heteroatoms. The lowest BCUT2D eigenvalue weighted by atomic mass is 9.90. The molecule has 0 fully saturated rings. The quantitative estimate of drug-likeness (QED) is 0.465. The van der Waals surface area contributed by atoms with E-state index in [1.807, 2.05) is 36.4 Å². The van der Waals surface area contributed by atoms with Gasteiger partial charge in [0.05, 0.1) is 6.10 Å². The second-order valence-electron chi connectivity index (χ2n) is 7.80. The van der Waals surface area contributed by atoms with Gasteiger partial charge in [0.1, 0.15) is 12.4 Å². The first-order chi connectivity index (χ1) is 13.4. The molecular formula is C24H26BrO2Si. The van der Waals surface area contributed by atoms with E-state index in [1.165, 1.54) is 10.4 Å². The summed E-state index contributed by atoms with van der Waals surface area (Å²) in [5.74, 6) is 0.848. The molecule has 0 N–H and O–H groups in total. The molecule has 0 heterocycles. The lowest BCUT2D eigenvalue weighted by Gasteiger charge is -2.33. The third-order valence-corrected chi connectivity index (χ3v) is 7.22. The molecule has 0 bridgehead atoms. The van der Waals surface area contributed by atoms with Crippen LogP contribution in [0.15, 0.2) is 89.4 Å². The Hall–Kier alpha value is -1.88. The summed E-state index contributed by atoms with van der Waals surface area (Å²) in [4.78, 5) is 0. The van der Waals surface area contributed by atoms with Gasteiger partial charge in [0.25, 0.3) is 9.04 Å². The Labute approximate surface area is 178 Å². The Morgan fingerprint density at radius 2 is 1.39 bits per heavy atom. The summed E-state index contributed by atoms with van der Waals surface area (Å²) in [6.45, 7) is 7.13. The minimum atomic E-state index is -1.38. The predicted molar refractivity (Wildman–Crippen MR) is 122 cm³/mol. The number of hydrogen-bond acceptors (Lipinski definition) is 2. The Morgan fingerprint density at radius 1 is 0.821 bits per heavy atom. The molecule has 0 saturated carbocycles. The van der Waals surface area contributed by atoms with Crippen molar-refractivity contribution in [3.63, 3.8) is 0 Å². The summed E-state index contributed by atoms with van der Waals surface area (Å²) < 4.78 is 13.9. The molecule has 0 amide bonds. The highest BCUT2D eigenvalue weighted by atomic mass is 79.9. The van der Waals surface area contributed by atoms with E-state index in [4.69, 9.17) is 9.16 Å². The average molecular weight is 454 g/mol. The number of ether oxygens (including phenoxy) is 1. The zero-order chi connectivity index (χ0) is 20.0. The van der Waals surface area contributed by atoms with Crippen molar-refractivity contribution < 1.29 is 9.16 Å². The molecule has 0 spiro atoms. The van der Waals surface area contributed by atoms with Crippen LogP contribution in [0.4, 0.5) is 0 Å². The van der Waals surface area contributed by atoms with Crippen molar-refractivity contribution in [1.82, 2.24) is 0 Å². The SMILES string of the molecule is CC(C)(C)C(COc1cccc(Br)c1)O[Si](c1ccccc1)c1ccccc1. The number of hydrogen-bond donors (Lipinski definition) is 0. The Kier molecular flexibility index (Phi) is 7.11. The van der Waals surface area contributed by atoms with Gasteiger partial charge in [-0.1, -0.05) is 103 Å². The molecule has 0 aliphatic carbocycles. The monoisotopic (exact) mass is 453 g/mol. The van der Waals surface area contributed by atoms with Gasteiger partial charge in [-0.2, -0.15) is 0 Å². The lowest BCUT2D eigenvalue weighted by Crippen LogP contribution is -2.51. The largest absolute Gasteiger partial charge is 0.491 e. The average Bonchev–Trinajstić information content (AvgIpc) is 2.68. The third kappa shape index (κ3) is 5.81. The van der Waals surface area contributed by atoms with Gasteiger partial charge in [0.15, 0.2) is 0 Å². The number of halogens is 1. The van der Waals surface area contributed by atoms with Crippen molar-refractivity contribution in [3.05, 3.63) is 89.4 Å². The van der Waals surface area contributed by atoms with E-state index in [0.717, 1.165) is 10.2 Å². The fourth-order valence-electron chi connectivity index (χ4n) is 2.81. The van der Waals surface area contributed by atoms with Gasteiger partial charge in [-0.25, -0.2) is 0 Å². The van der Waals surface area contributed by atoms with Gasteiger partial charge in [0, 0.05) is 4.47 Å². The van der Waals surface area contributed by atoms with Gasteiger partial charge in [-0.15, -0.1) is 0 Å². The molecule has 0 aliphatic heterocycles. The van der Waals surface area contributed by atoms with Crippen molar-refractivity contribution in [1.29, 1.82) is 0 Å². The normalized spacial score (nSPS) is 12.8. The molecule has 2 nitrogen and oxygen atoms in total. The Morgan fingerprint density at radius 3 is 1.89 bits per heavy atom. The second-order valence-corrected chi connectivity index (χ2v) is 10.8. The van der Waals surface area contributed by atoms with Gasteiger partial charge in [-0.3, -0.25) is 0 Å². The van der Waals surface area contributed by atoms with E-state index in [9.17, 15) is 0 Å². The number of rotatable bonds is 7. The van der Waals surface area contributed by atoms with Crippen LogP contribution in [0.25, 0.3) is 0 Å². The summed E-state index contributed by atoms with van der Waals surface area (Å²) >= 11 is 3.50. The molecule has 3 aromatic carbocycles. The third-order valence-electron chi connectivity index (χ3n) is 4.50. The number of benzene rings is 3. The van der Waals surface area contributed by atoms with Crippen LogP contribution >= 0.6 is 15.9 Å². The van der Waals surface area contributed by atoms with E-state index in [0.29, 0.717) is 6.61 Å². The topological polar surface area (TPSA) is 18.5 Å². The first-order valence-electron chi connectivity index (χ1n) is 9.46. The standard InChI is InChI=1S/C24H26BrO2Si/c1-24(2,3)23(18-26-20-12-10-11-19(25)17-20)27-28(21-13-6-4-7-14-21)22-15-8-5-9-16-22/h4-17,23H,18H2,1-3H3. The van der Waals surface area contributed by atoms with Gasteiger partial charge >= 0.3 is 0 Å². The van der Waals surface area contributed by atoms with Crippen molar-refractivity contribution in [2.75, 3.05) is 6.61 Å². The minimum absolute atomic E-state index is 0.0409. The molecule has 3 aromatic rings. The zero-order valence-corrected chi connectivity index (χ0v) is 19.1. The highest BCUT2D eigenvalue weighted by Crippen LogP contribution is 2.25. The first kappa shape index (κ1) is 20.8. The molecule has 1 unspecified atom stereocenters. The van der Waals surface area contributed by atoms with Crippen LogP contribution in [0.3, 0.4) is 0 Å². The van der Waals surface area contributed by atoms with Gasteiger partial charge < -0.3 is 9.16 Å². The maximum atomic E-state index is 6.80. The van der Waals surface area contributed by atoms with Crippen molar-refractivity contribution in [2.24, 2.45) is 5.41 Å². The van der Waals surface area contributed by atoms with E-state index in [-0.39, 0.29) is 11.5 Å². The second kappa shape index (κ2) is 9.55. The van der Waals surface area contributed by atoms with E-state index < -0.39 is 9.04 Å². The van der Waals surface area contributed by atoms with Crippen LogP contribution in [0, 0.1) is 5.41 Å². The Bertz CT molecular complexity index is 823. The predicted octanol–water partition coefficient (Wildman–Crippen LogP) is 5.07. The van der Waals surface area contributed by atoms with Crippen LogP contribution in [-0.4, -0.2) is 21.8 Å². The summed E-state index contributed by atoms with van der Waals surface area (Å²) in [5.41, 5.74) is -0.0501. The molecule has 145 valence electrons. The molecular weight excluding hydrogens is 428 g/mol.